The first-order valence-corrected chi connectivity index (χ1v) is 6.20. The van der Waals surface area contributed by atoms with Gasteiger partial charge in [0.1, 0.15) is 6.61 Å². The molecule has 0 atom stereocenters. The third kappa shape index (κ3) is 3.51. The van der Waals surface area contributed by atoms with E-state index in [4.69, 9.17) is 9.47 Å². The Bertz CT molecular complexity index is 387. The highest BCUT2D eigenvalue weighted by Gasteiger charge is 2.16. The summed E-state index contributed by atoms with van der Waals surface area (Å²) in [4.78, 5) is 15.4. The first-order valence-electron chi connectivity index (χ1n) is 6.20. The van der Waals surface area contributed by atoms with Gasteiger partial charge < -0.3 is 14.8 Å². The highest BCUT2D eigenvalue weighted by Crippen LogP contribution is 2.09. The van der Waals surface area contributed by atoms with Crippen LogP contribution in [0.15, 0.2) is 0 Å². The standard InChI is InChI=1S/C11H18N4O3/c1-2-17-11(16)10-13-9(14-15-10)7-18-8-3-5-12-6-4-8/h8,12H,2-7H2,1H3,(H,13,14,15). The number of aromatic nitrogens is 3. The number of nitrogens with one attached hydrogen (secondary N) is 2. The smallest absolute Gasteiger partial charge is 0.378 e. The van der Waals surface area contributed by atoms with Crippen LogP contribution >= 0.6 is 0 Å². The Morgan fingerprint density at radius 2 is 2.22 bits per heavy atom. The minimum atomic E-state index is -0.512. The fourth-order valence-electron chi connectivity index (χ4n) is 1.81. The molecule has 0 spiro atoms. The number of carbonyl (C=O) groups excluding carboxylic acids is 1. The predicted octanol–water partition coefficient (Wildman–Crippen LogP) is 0.250. The summed E-state index contributed by atoms with van der Waals surface area (Å²) in [7, 11) is 0. The highest BCUT2D eigenvalue weighted by molar-refractivity contribution is 5.84. The van der Waals surface area contributed by atoms with Crippen LogP contribution in [0.5, 0.6) is 0 Å². The Hall–Kier alpha value is -1.47. The van der Waals surface area contributed by atoms with Gasteiger partial charge in [0, 0.05) is 0 Å². The van der Waals surface area contributed by atoms with Crippen LogP contribution in [0.3, 0.4) is 0 Å². The van der Waals surface area contributed by atoms with Gasteiger partial charge in [0.05, 0.1) is 12.7 Å². The van der Waals surface area contributed by atoms with Gasteiger partial charge in [-0.25, -0.2) is 9.78 Å². The molecule has 1 aromatic rings. The topological polar surface area (TPSA) is 89.1 Å². The average molecular weight is 254 g/mol. The van der Waals surface area contributed by atoms with E-state index in [-0.39, 0.29) is 11.9 Å². The van der Waals surface area contributed by atoms with E-state index < -0.39 is 5.97 Å². The molecule has 1 aromatic heterocycles. The molecule has 2 heterocycles. The van der Waals surface area contributed by atoms with Crippen LogP contribution in [0.4, 0.5) is 0 Å². The van der Waals surface area contributed by atoms with Crippen LogP contribution in [0.25, 0.3) is 0 Å². The largest absolute Gasteiger partial charge is 0.460 e. The number of H-pyrrole nitrogens is 1. The van der Waals surface area contributed by atoms with Crippen molar-refractivity contribution in [3.8, 4) is 0 Å². The molecule has 18 heavy (non-hydrogen) atoms. The van der Waals surface area contributed by atoms with E-state index >= 15 is 0 Å². The SMILES string of the molecule is CCOC(=O)c1n[nH]c(COC2CCNCC2)n1. The molecule has 0 bridgehead atoms. The Kier molecular flexibility index (Phi) is 4.66. The van der Waals surface area contributed by atoms with Crippen molar-refractivity contribution in [3.63, 3.8) is 0 Å². The molecular formula is C11H18N4O3. The third-order valence-electron chi connectivity index (χ3n) is 2.73. The average Bonchev–Trinajstić information content (AvgIpc) is 2.87. The zero-order valence-corrected chi connectivity index (χ0v) is 10.4. The van der Waals surface area contributed by atoms with Crippen molar-refractivity contribution >= 4 is 5.97 Å². The number of carbonyl (C=O) groups is 1. The fraction of sp³-hybridized carbons (Fsp3) is 0.727. The van der Waals surface area contributed by atoms with Crippen LogP contribution in [0, 0.1) is 0 Å². The quantitative estimate of drug-likeness (QED) is 0.732. The maximum Gasteiger partial charge on any atom is 0.378 e. The first-order chi connectivity index (χ1) is 8.79. The van der Waals surface area contributed by atoms with Gasteiger partial charge in [0.2, 0.25) is 0 Å². The van der Waals surface area contributed by atoms with Crippen LogP contribution in [-0.4, -0.2) is 47.0 Å². The van der Waals surface area contributed by atoms with Crippen molar-refractivity contribution < 1.29 is 14.3 Å². The number of hydrogen-bond acceptors (Lipinski definition) is 6. The summed E-state index contributed by atoms with van der Waals surface area (Å²) in [5.41, 5.74) is 0. The molecule has 0 radical (unpaired) electrons. The number of rotatable bonds is 5. The van der Waals surface area contributed by atoms with Crippen molar-refractivity contribution in [2.75, 3.05) is 19.7 Å². The zero-order valence-electron chi connectivity index (χ0n) is 10.4. The molecule has 7 heteroatoms. The van der Waals surface area contributed by atoms with Crippen LogP contribution in [0.1, 0.15) is 36.2 Å². The number of hydrogen-bond donors (Lipinski definition) is 2. The van der Waals surface area contributed by atoms with E-state index in [1.807, 2.05) is 0 Å². The summed E-state index contributed by atoms with van der Waals surface area (Å²) in [6.07, 6.45) is 2.25. The zero-order chi connectivity index (χ0) is 12.8. The van der Waals surface area contributed by atoms with Crippen molar-refractivity contribution in [3.05, 3.63) is 11.6 Å². The molecule has 0 saturated carbocycles. The van der Waals surface area contributed by atoms with Crippen molar-refractivity contribution in [2.24, 2.45) is 0 Å². The third-order valence-corrected chi connectivity index (χ3v) is 2.73. The number of nitrogens with zero attached hydrogens (tertiary/aromatic N) is 2. The first kappa shape index (κ1) is 13.0. The van der Waals surface area contributed by atoms with Gasteiger partial charge in [-0.05, 0) is 32.9 Å². The number of esters is 1. The molecule has 1 fully saturated rings. The van der Waals surface area contributed by atoms with Gasteiger partial charge in [-0.1, -0.05) is 0 Å². The van der Waals surface area contributed by atoms with E-state index in [2.05, 4.69) is 20.5 Å². The molecule has 2 rings (SSSR count). The van der Waals surface area contributed by atoms with Gasteiger partial charge in [-0.15, -0.1) is 5.10 Å². The van der Waals surface area contributed by atoms with Crippen LogP contribution in [-0.2, 0) is 16.1 Å². The Labute approximate surface area is 105 Å². The second-order valence-corrected chi connectivity index (χ2v) is 4.09. The Morgan fingerprint density at radius 3 is 2.94 bits per heavy atom. The van der Waals surface area contributed by atoms with Crippen molar-refractivity contribution in [1.29, 1.82) is 0 Å². The Balaban J connectivity index is 1.80. The summed E-state index contributed by atoms with van der Waals surface area (Å²) in [5, 5.41) is 9.75. The minimum Gasteiger partial charge on any atom is -0.460 e. The molecule has 1 aliphatic rings. The Morgan fingerprint density at radius 1 is 1.44 bits per heavy atom. The fourth-order valence-corrected chi connectivity index (χ4v) is 1.81. The molecule has 0 unspecified atom stereocenters. The second-order valence-electron chi connectivity index (χ2n) is 4.09. The van der Waals surface area contributed by atoms with E-state index in [9.17, 15) is 4.79 Å². The van der Waals surface area contributed by atoms with E-state index in [1.54, 1.807) is 6.92 Å². The van der Waals surface area contributed by atoms with Gasteiger partial charge >= 0.3 is 5.97 Å². The molecule has 0 aromatic carbocycles. The highest BCUT2D eigenvalue weighted by atomic mass is 16.5. The van der Waals surface area contributed by atoms with E-state index in [0.717, 1.165) is 25.9 Å². The molecule has 2 N–H and O–H groups in total. The summed E-state index contributed by atoms with van der Waals surface area (Å²) >= 11 is 0. The van der Waals surface area contributed by atoms with Gasteiger partial charge in [0.25, 0.3) is 5.82 Å². The van der Waals surface area contributed by atoms with Gasteiger partial charge in [-0.2, -0.15) is 0 Å². The van der Waals surface area contributed by atoms with E-state index in [1.165, 1.54) is 0 Å². The van der Waals surface area contributed by atoms with Gasteiger partial charge in [-0.3, -0.25) is 5.10 Å². The number of piperidine rings is 1. The lowest BCUT2D eigenvalue weighted by molar-refractivity contribution is 0.0179. The second kappa shape index (κ2) is 6.46. The van der Waals surface area contributed by atoms with Gasteiger partial charge in [0.15, 0.2) is 5.82 Å². The monoisotopic (exact) mass is 254 g/mol. The number of ether oxygens (including phenoxy) is 2. The number of aromatic amines is 1. The van der Waals surface area contributed by atoms with E-state index in [0.29, 0.717) is 19.0 Å². The lowest BCUT2D eigenvalue weighted by Gasteiger charge is -2.22. The van der Waals surface area contributed by atoms with Crippen LogP contribution < -0.4 is 5.32 Å². The summed E-state index contributed by atoms with van der Waals surface area (Å²) in [5.74, 6) is 0.0965. The lowest BCUT2D eigenvalue weighted by Crippen LogP contribution is -2.32. The predicted molar refractivity (Wildman–Crippen MR) is 63.0 cm³/mol. The van der Waals surface area contributed by atoms with Crippen molar-refractivity contribution in [1.82, 2.24) is 20.5 Å². The molecule has 0 amide bonds. The van der Waals surface area contributed by atoms with Crippen molar-refractivity contribution in [2.45, 2.75) is 32.5 Å². The summed E-state index contributed by atoms with van der Waals surface area (Å²) in [6.45, 7) is 4.36. The van der Waals surface area contributed by atoms with Crippen LogP contribution in [0.2, 0.25) is 0 Å². The maximum absolute atomic E-state index is 11.3. The summed E-state index contributed by atoms with van der Waals surface area (Å²) < 4.78 is 10.5. The molecular weight excluding hydrogens is 236 g/mol. The lowest BCUT2D eigenvalue weighted by atomic mass is 10.1. The normalized spacial score (nSPS) is 16.7. The molecule has 100 valence electrons. The maximum atomic E-state index is 11.3. The minimum absolute atomic E-state index is 0.0563. The summed E-state index contributed by atoms with van der Waals surface area (Å²) in [6, 6.07) is 0. The molecule has 1 aliphatic heterocycles. The molecule has 1 saturated heterocycles. The molecule has 7 nitrogen and oxygen atoms in total. The molecule has 0 aliphatic carbocycles.